The first kappa shape index (κ1) is 14.9. The standard InChI is InChI=1S/C13H18O.C2H6/c1-4-7-11-8-5-6-9-12(11)13(14)10(2)3;1-2/h5-6,8-10H,4,7H2,1-3H3;1-2H3. The number of carbonyl (C=O) groups is 1. The molecule has 90 valence electrons. The third-order valence-corrected chi connectivity index (χ3v) is 2.33. The zero-order chi connectivity index (χ0) is 12.6. The molecule has 0 aliphatic rings. The molecule has 0 saturated carbocycles. The van der Waals surface area contributed by atoms with E-state index in [0.29, 0.717) is 0 Å². The largest absolute Gasteiger partial charge is 0.294 e. The van der Waals surface area contributed by atoms with Gasteiger partial charge in [-0.15, -0.1) is 0 Å². The van der Waals surface area contributed by atoms with E-state index in [4.69, 9.17) is 0 Å². The van der Waals surface area contributed by atoms with Crippen LogP contribution in [0.25, 0.3) is 0 Å². The Morgan fingerprint density at radius 2 is 1.75 bits per heavy atom. The fourth-order valence-electron chi connectivity index (χ4n) is 1.56. The van der Waals surface area contributed by atoms with Gasteiger partial charge in [-0.25, -0.2) is 0 Å². The van der Waals surface area contributed by atoms with Gasteiger partial charge in [0.15, 0.2) is 5.78 Å². The molecule has 0 amide bonds. The highest BCUT2D eigenvalue weighted by atomic mass is 16.1. The normalized spacial score (nSPS) is 9.62. The number of hydrogen-bond acceptors (Lipinski definition) is 1. The minimum atomic E-state index is 0.0907. The lowest BCUT2D eigenvalue weighted by Gasteiger charge is -2.09. The summed E-state index contributed by atoms with van der Waals surface area (Å²) in [5, 5.41) is 0. The van der Waals surface area contributed by atoms with Crippen LogP contribution in [0.15, 0.2) is 24.3 Å². The van der Waals surface area contributed by atoms with Crippen LogP contribution in [0.2, 0.25) is 0 Å². The molecular formula is C15H24O. The Hall–Kier alpha value is -1.11. The molecule has 1 heteroatoms. The van der Waals surface area contributed by atoms with E-state index in [1.165, 1.54) is 5.56 Å². The zero-order valence-corrected chi connectivity index (χ0v) is 11.2. The molecule has 1 aromatic rings. The monoisotopic (exact) mass is 220 g/mol. The molecule has 1 nitrogen and oxygen atoms in total. The van der Waals surface area contributed by atoms with E-state index < -0.39 is 0 Å². The van der Waals surface area contributed by atoms with Crippen LogP contribution in [0.5, 0.6) is 0 Å². The van der Waals surface area contributed by atoms with Crippen molar-refractivity contribution < 1.29 is 4.79 Å². The molecule has 1 aromatic carbocycles. The molecule has 0 unspecified atom stereocenters. The summed E-state index contributed by atoms with van der Waals surface area (Å²) in [6.45, 7) is 10.0. The van der Waals surface area contributed by atoms with Crippen molar-refractivity contribution in [2.75, 3.05) is 0 Å². The number of benzene rings is 1. The van der Waals surface area contributed by atoms with Gasteiger partial charge in [-0.2, -0.15) is 0 Å². The Bertz CT molecular complexity index is 313. The first-order valence-corrected chi connectivity index (χ1v) is 6.29. The molecule has 0 fully saturated rings. The van der Waals surface area contributed by atoms with Gasteiger partial charge in [0, 0.05) is 11.5 Å². The van der Waals surface area contributed by atoms with E-state index in [-0.39, 0.29) is 11.7 Å². The molecule has 0 saturated heterocycles. The lowest BCUT2D eigenvalue weighted by atomic mass is 9.94. The van der Waals surface area contributed by atoms with Crippen LogP contribution in [0.4, 0.5) is 0 Å². The average molecular weight is 220 g/mol. The van der Waals surface area contributed by atoms with Gasteiger partial charge in [0.2, 0.25) is 0 Å². The fraction of sp³-hybridized carbons (Fsp3) is 0.533. The Balaban J connectivity index is 0.00000106. The molecule has 0 aromatic heterocycles. The average Bonchev–Trinajstić information content (AvgIpc) is 2.32. The molecule has 0 aliphatic heterocycles. The highest BCUT2D eigenvalue weighted by Gasteiger charge is 2.13. The molecule has 0 heterocycles. The summed E-state index contributed by atoms with van der Waals surface area (Å²) in [6, 6.07) is 7.93. The van der Waals surface area contributed by atoms with Gasteiger partial charge >= 0.3 is 0 Å². The van der Waals surface area contributed by atoms with Crippen LogP contribution in [-0.4, -0.2) is 5.78 Å². The second kappa shape index (κ2) is 8.09. The maximum Gasteiger partial charge on any atom is 0.165 e. The smallest absolute Gasteiger partial charge is 0.165 e. The molecule has 16 heavy (non-hydrogen) atoms. The van der Waals surface area contributed by atoms with Crippen LogP contribution in [0.3, 0.4) is 0 Å². The fourth-order valence-corrected chi connectivity index (χ4v) is 1.56. The summed E-state index contributed by atoms with van der Waals surface area (Å²) >= 11 is 0. The number of aryl methyl sites for hydroxylation is 1. The van der Waals surface area contributed by atoms with Crippen LogP contribution in [0.1, 0.15) is 57.0 Å². The van der Waals surface area contributed by atoms with Gasteiger partial charge in [0.1, 0.15) is 0 Å². The second-order valence-corrected chi connectivity index (χ2v) is 3.93. The van der Waals surface area contributed by atoms with Crippen molar-refractivity contribution in [3.05, 3.63) is 35.4 Å². The topological polar surface area (TPSA) is 17.1 Å². The Labute approximate surface area is 99.9 Å². The highest BCUT2D eigenvalue weighted by molar-refractivity contribution is 5.98. The number of ketones is 1. The molecule has 0 atom stereocenters. The summed E-state index contributed by atoms with van der Waals surface area (Å²) in [7, 11) is 0. The van der Waals surface area contributed by atoms with Crippen LogP contribution >= 0.6 is 0 Å². The van der Waals surface area contributed by atoms with Crippen molar-refractivity contribution in [2.45, 2.75) is 47.5 Å². The number of rotatable bonds is 4. The second-order valence-electron chi connectivity index (χ2n) is 3.93. The van der Waals surface area contributed by atoms with Crippen LogP contribution in [0, 0.1) is 5.92 Å². The van der Waals surface area contributed by atoms with E-state index >= 15 is 0 Å². The summed E-state index contributed by atoms with van der Waals surface area (Å²) in [6.07, 6.45) is 2.08. The van der Waals surface area contributed by atoms with Gasteiger partial charge in [-0.05, 0) is 12.0 Å². The van der Waals surface area contributed by atoms with E-state index in [0.717, 1.165) is 18.4 Å². The Kier molecular flexibility index (Phi) is 7.53. The van der Waals surface area contributed by atoms with Crippen molar-refractivity contribution in [1.82, 2.24) is 0 Å². The summed E-state index contributed by atoms with van der Waals surface area (Å²) in [5.41, 5.74) is 2.10. The third-order valence-electron chi connectivity index (χ3n) is 2.33. The van der Waals surface area contributed by atoms with Gasteiger partial charge in [-0.1, -0.05) is 65.3 Å². The first-order valence-electron chi connectivity index (χ1n) is 6.29. The van der Waals surface area contributed by atoms with Gasteiger partial charge in [0.05, 0.1) is 0 Å². The van der Waals surface area contributed by atoms with Crippen molar-refractivity contribution >= 4 is 5.78 Å². The van der Waals surface area contributed by atoms with E-state index in [2.05, 4.69) is 13.0 Å². The minimum absolute atomic E-state index is 0.0907. The third kappa shape index (κ3) is 4.18. The molecule has 0 radical (unpaired) electrons. The van der Waals surface area contributed by atoms with Crippen molar-refractivity contribution in [3.8, 4) is 0 Å². The summed E-state index contributed by atoms with van der Waals surface area (Å²) in [5.74, 6) is 0.349. The predicted molar refractivity (Wildman–Crippen MR) is 71.0 cm³/mol. The van der Waals surface area contributed by atoms with Crippen molar-refractivity contribution in [1.29, 1.82) is 0 Å². The molecule has 0 aliphatic carbocycles. The molecular weight excluding hydrogens is 196 g/mol. The van der Waals surface area contributed by atoms with E-state index in [1.807, 2.05) is 45.9 Å². The van der Waals surface area contributed by atoms with Gasteiger partial charge in [0.25, 0.3) is 0 Å². The van der Waals surface area contributed by atoms with Crippen molar-refractivity contribution in [3.63, 3.8) is 0 Å². The summed E-state index contributed by atoms with van der Waals surface area (Å²) in [4.78, 5) is 11.8. The predicted octanol–water partition coefficient (Wildman–Crippen LogP) is 4.50. The van der Waals surface area contributed by atoms with Crippen LogP contribution in [-0.2, 0) is 6.42 Å². The molecule has 0 spiro atoms. The number of carbonyl (C=O) groups excluding carboxylic acids is 1. The molecule has 0 bridgehead atoms. The minimum Gasteiger partial charge on any atom is -0.294 e. The Morgan fingerprint density at radius 3 is 2.25 bits per heavy atom. The molecule has 0 N–H and O–H groups in total. The van der Waals surface area contributed by atoms with E-state index in [1.54, 1.807) is 0 Å². The maximum absolute atomic E-state index is 11.8. The quantitative estimate of drug-likeness (QED) is 0.683. The van der Waals surface area contributed by atoms with Crippen LogP contribution < -0.4 is 0 Å². The number of hydrogen-bond donors (Lipinski definition) is 0. The Morgan fingerprint density at radius 1 is 1.19 bits per heavy atom. The SMILES string of the molecule is CC.CCCc1ccccc1C(=O)C(C)C. The highest BCUT2D eigenvalue weighted by Crippen LogP contribution is 2.15. The lowest BCUT2D eigenvalue weighted by molar-refractivity contribution is 0.0938. The van der Waals surface area contributed by atoms with Gasteiger partial charge < -0.3 is 0 Å². The molecule has 1 rings (SSSR count). The maximum atomic E-state index is 11.8. The van der Waals surface area contributed by atoms with Gasteiger partial charge in [-0.3, -0.25) is 4.79 Å². The first-order chi connectivity index (χ1) is 7.66. The lowest BCUT2D eigenvalue weighted by Crippen LogP contribution is -2.10. The van der Waals surface area contributed by atoms with Crippen molar-refractivity contribution in [2.24, 2.45) is 5.92 Å². The number of Topliss-reactive ketones (excluding diaryl/α,β-unsaturated/α-hetero) is 1. The zero-order valence-electron chi connectivity index (χ0n) is 11.2. The van der Waals surface area contributed by atoms with E-state index in [9.17, 15) is 4.79 Å². The summed E-state index contributed by atoms with van der Waals surface area (Å²) < 4.78 is 0.